The predicted octanol–water partition coefficient (Wildman–Crippen LogP) is 3.22. The minimum absolute atomic E-state index is 0.0731. The third-order valence-electron chi connectivity index (χ3n) is 6.44. The summed E-state index contributed by atoms with van der Waals surface area (Å²) in [5.41, 5.74) is 8.64. The van der Waals surface area contributed by atoms with E-state index in [0.29, 0.717) is 6.54 Å². The number of likely N-dealkylation sites (tertiary alicyclic amines) is 1. The van der Waals surface area contributed by atoms with Crippen LogP contribution in [0.25, 0.3) is 11.1 Å². The fourth-order valence-electron chi connectivity index (χ4n) is 4.78. The number of nitrogens with two attached hydrogens (primary N) is 1. The maximum atomic E-state index is 13.0. The number of nitrogen functional groups attached to an aromatic ring is 1. The molecular weight excluding hydrogens is 378 g/mol. The van der Waals surface area contributed by atoms with Crippen molar-refractivity contribution in [3.05, 3.63) is 35.9 Å². The minimum atomic E-state index is -0.813. The number of carbonyl (C=O) groups excluding carboxylic acids is 1. The van der Waals surface area contributed by atoms with Gasteiger partial charge in [-0.1, -0.05) is 19.3 Å². The van der Waals surface area contributed by atoms with Crippen molar-refractivity contribution in [2.45, 2.75) is 69.8 Å². The number of carbonyl (C=O) groups is 1. The van der Waals surface area contributed by atoms with Crippen molar-refractivity contribution < 1.29 is 9.90 Å². The summed E-state index contributed by atoms with van der Waals surface area (Å²) in [5.74, 6) is 0.520. The molecule has 2 aliphatic rings. The Bertz CT molecular complexity index is 893. The molecule has 1 saturated heterocycles. The monoisotopic (exact) mass is 409 g/mol. The molecule has 160 valence electrons. The van der Waals surface area contributed by atoms with Crippen LogP contribution in [-0.2, 0) is 4.79 Å². The standard InChI is InChI=1S/C23H31N5O2/c1-16-10-18(19-13-25-22(24)26-14-19)11-20(27-16)17-6-5-9-28(15-17)21(29)12-23(30)7-3-2-4-8-23/h10-11,13-14,17,30H,2-9,12,15H2,1H3,(H2,24,25,26)/t17-/m0/s1. The highest BCUT2D eigenvalue weighted by atomic mass is 16.3. The molecule has 1 aliphatic carbocycles. The van der Waals surface area contributed by atoms with E-state index in [1.807, 2.05) is 17.9 Å². The summed E-state index contributed by atoms with van der Waals surface area (Å²) in [5, 5.41) is 10.8. The highest BCUT2D eigenvalue weighted by molar-refractivity contribution is 5.77. The number of aryl methyl sites for hydroxylation is 1. The Labute approximate surface area is 177 Å². The summed E-state index contributed by atoms with van der Waals surface area (Å²) in [6.45, 7) is 3.40. The predicted molar refractivity (Wildman–Crippen MR) is 116 cm³/mol. The Balaban J connectivity index is 1.49. The maximum absolute atomic E-state index is 13.0. The van der Waals surface area contributed by atoms with Crippen molar-refractivity contribution in [1.82, 2.24) is 19.9 Å². The summed E-state index contributed by atoms with van der Waals surface area (Å²) >= 11 is 0. The maximum Gasteiger partial charge on any atom is 0.225 e. The average molecular weight is 410 g/mol. The molecule has 7 nitrogen and oxygen atoms in total. The van der Waals surface area contributed by atoms with Crippen LogP contribution in [0.3, 0.4) is 0 Å². The first-order valence-corrected chi connectivity index (χ1v) is 11.0. The first-order valence-electron chi connectivity index (χ1n) is 11.0. The Morgan fingerprint density at radius 3 is 2.63 bits per heavy atom. The van der Waals surface area contributed by atoms with Gasteiger partial charge in [0.15, 0.2) is 0 Å². The van der Waals surface area contributed by atoms with Crippen LogP contribution in [0, 0.1) is 6.92 Å². The Hall–Kier alpha value is -2.54. The first-order chi connectivity index (χ1) is 14.4. The van der Waals surface area contributed by atoms with Crippen LogP contribution >= 0.6 is 0 Å². The van der Waals surface area contributed by atoms with Gasteiger partial charge in [-0.25, -0.2) is 9.97 Å². The number of pyridine rings is 1. The third-order valence-corrected chi connectivity index (χ3v) is 6.44. The van der Waals surface area contributed by atoms with Crippen LogP contribution in [0.15, 0.2) is 24.5 Å². The zero-order valence-electron chi connectivity index (χ0n) is 17.7. The fraction of sp³-hybridized carbons (Fsp3) is 0.565. The van der Waals surface area contributed by atoms with E-state index in [-0.39, 0.29) is 24.2 Å². The van der Waals surface area contributed by atoms with Gasteiger partial charge in [-0.2, -0.15) is 0 Å². The topological polar surface area (TPSA) is 105 Å². The fourth-order valence-corrected chi connectivity index (χ4v) is 4.78. The lowest BCUT2D eigenvalue weighted by molar-refractivity contribution is -0.139. The number of amides is 1. The van der Waals surface area contributed by atoms with Gasteiger partial charge in [0, 0.05) is 48.4 Å². The zero-order valence-corrected chi connectivity index (χ0v) is 17.7. The second-order valence-electron chi connectivity index (χ2n) is 8.89. The quantitative estimate of drug-likeness (QED) is 0.803. The Morgan fingerprint density at radius 2 is 1.90 bits per heavy atom. The van der Waals surface area contributed by atoms with E-state index in [9.17, 15) is 9.90 Å². The van der Waals surface area contributed by atoms with Crippen LogP contribution in [0.5, 0.6) is 0 Å². The van der Waals surface area contributed by atoms with E-state index in [0.717, 1.165) is 74.0 Å². The van der Waals surface area contributed by atoms with Crippen molar-refractivity contribution in [3.8, 4) is 11.1 Å². The molecule has 2 aromatic rings. The smallest absolute Gasteiger partial charge is 0.225 e. The summed E-state index contributed by atoms with van der Waals surface area (Å²) in [6, 6.07) is 4.10. The van der Waals surface area contributed by atoms with Gasteiger partial charge in [0.25, 0.3) is 0 Å². The van der Waals surface area contributed by atoms with E-state index < -0.39 is 5.60 Å². The third kappa shape index (κ3) is 4.78. The molecule has 3 heterocycles. The van der Waals surface area contributed by atoms with Crippen molar-refractivity contribution >= 4 is 11.9 Å². The average Bonchev–Trinajstić information content (AvgIpc) is 2.74. The molecule has 1 aliphatic heterocycles. The molecule has 1 saturated carbocycles. The van der Waals surface area contributed by atoms with Gasteiger partial charge in [0.1, 0.15) is 0 Å². The molecular formula is C23H31N5O2. The second-order valence-corrected chi connectivity index (χ2v) is 8.89. The number of nitrogens with zero attached hydrogens (tertiary/aromatic N) is 4. The van der Waals surface area contributed by atoms with Crippen molar-refractivity contribution in [2.75, 3.05) is 18.8 Å². The molecule has 30 heavy (non-hydrogen) atoms. The zero-order chi connectivity index (χ0) is 21.1. The van der Waals surface area contributed by atoms with Crippen molar-refractivity contribution in [3.63, 3.8) is 0 Å². The lowest BCUT2D eigenvalue weighted by Gasteiger charge is -2.37. The Kier molecular flexibility index (Phi) is 5.99. The molecule has 0 aromatic carbocycles. The summed E-state index contributed by atoms with van der Waals surface area (Å²) in [6.07, 6.45) is 10.3. The van der Waals surface area contributed by atoms with Crippen LogP contribution in [0.1, 0.15) is 68.7 Å². The molecule has 2 aromatic heterocycles. The summed E-state index contributed by atoms with van der Waals surface area (Å²) in [7, 11) is 0. The number of rotatable bonds is 4. The molecule has 1 amide bonds. The molecule has 7 heteroatoms. The van der Waals surface area contributed by atoms with E-state index >= 15 is 0 Å². The molecule has 4 rings (SSSR count). The van der Waals surface area contributed by atoms with Crippen molar-refractivity contribution in [2.24, 2.45) is 0 Å². The number of piperidine rings is 1. The highest BCUT2D eigenvalue weighted by Gasteiger charge is 2.35. The second kappa shape index (κ2) is 8.68. The number of hydrogen-bond acceptors (Lipinski definition) is 6. The van der Waals surface area contributed by atoms with E-state index in [1.54, 1.807) is 12.4 Å². The molecule has 1 atom stereocenters. The number of hydrogen-bond donors (Lipinski definition) is 2. The number of anilines is 1. The van der Waals surface area contributed by atoms with Crippen molar-refractivity contribution in [1.29, 1.82) is 0 Å². The van der Waals surface area contributed by atoms with Crippen LogP contribution in [-0.4, -0.2) is 49.6 Å². The summed E-state index contributed by atoms with van der Waals surface area (Å²) < 4.78 is 0. The minimum Gasteiger partial charge on any atom is -0.389 e. The number of aromatic nitrogens is 3. The van der Waals surface area contributed by atoms with Gasteiger partial charge >= 0.3 is 0 Å². The van der Waals surface area contributed by atoms with Gasteiger partial charge < -0.3 is 15.7 Å². The normalized spacial score (nSPS) is 21.4. The lowest BCUT2D eigenvalue weighted by atomic mass is 9.82. The van der Waals surface area contributed by atoms with Gasteiger partial charge in [-0.3, -0.25) is 9.78 Å². The van der Waals surface area contributed by atoms with Gasteiger partial charge in [-0.05, 0) is 50.3 Å². The Morgan fingerprint density at radius 1 is 1.17 bits per heavy atom. The lowest BCUT2D eigenvalue weighted by Crippen LogP contribution is -2.44. The largest absolute Gasteiger partial charge is 0.389 e. The van der Waals surface area contributed by atoms with Crippen LogP contribution < -0.4 is 5.73 Å². The molecule has 0 unspecified atom stereocenters. The molecule has 0 bridgehead atoms. The van der Waals surface area contributed by atoms with E-state index in [1.165, 1.54) is 0 Å². The SMILES string of the molecule is Cc1cc(-c2cnc(N)nc2)cc([C@H]2CCCN(C(=O)CC3(O)CCCCC3)C2)n1. The molecule has 2 fully saturated rings. The van der Waals surface area contributed by atoms with Gasteiger partial charge in [-0.15, -0.1) is 0 Å². The molecule has 0 spiro atoms. The van der Waals surface area contributed by atoms with Crippen LogP contribution in [0.4, 0.5) is 5.95 Å². The van der Waals surface area contributed by atoms with Crippen LogP contribution in [0.2, 0.25) is 0 Å². The first kappa shape index (κ1) is 20.7. The van der Waals surface area contributed by atoms with Gasteiger partial charge in [0.05, 0.1) is 12.0 Å². The van der Waals surface area contributed by atoms with Gasteiger partial charge in [0.2, 0.25) is 11.9 Å². The highest BCUT2D eigenvalue weighted by Crippen LogP contribution is 2.33. The molecule has 3 N–H and O–H groups in total. The van der Waals surface area contributed by atoms with E-state index in [2.05, 4.69) is 16.0 Å². The van der Waals surface area contributed by atoms with E-state index in [4.69, 9.17) is 10.7 Å². The molecule has 0 radical (unpaired) electrons. The summed E-state index contributed by atoms with van der Waals surface area (Å²) in [4.78, 5) is 27.8. The number of aliphatic hydroxyl groups is 1.